The van der Waals surface area contributed by atoms with Crippen LogP contribution in [0.15, 0.2) is 42.5 Å². The molecule has 0 radical (unpaired) electrons. The fraction of sp³-hybridized carbons (Fsp3) is 0.125. The van der Waals surface area contributed by atoms with Crippen molar-refractivity contribution in [1.29, 1.82) is 0 Å². The second kappa shape index (κ2) is 7.29. The van der Waals surface area contributed by atoms with Gasteiger partial charge in [0.25, 0.3) is 5.91 Å². The Hall–Kier alpha value is -2.04. The Morgan fingerprint density at radius 1 is 1.05 bits per heavy atom. The lowest BCUT2D eigenvalue weighted by atomic mass is 10.1. The molecule has 0 heterocycles. The van der Waals surface area contributed by atoms with Crippen molar-refractivity contribution in [2.24, 2.45) is 0 Å². The van der Waals surface area contributed by atoms with Gasteiger partial charge in [0.05, 0.1) is 17.3 Å². The molecule has 0 bridgehead atoms. The van der Waals surface area contributed by atoms with E-state index in [9.17, 15) is 9.59 Å². The zero-order chi connectivity index (χ0) is 16.1. The lowest BCUT2D eigenvalue weighted by Gasteiger charge is -2.09. The van der Waals surface area contributed by atoms with Crippen LogP contribution in [0.3, 0.4) is 0 Å². The monoisotopic (exact) mass is 336 g/mol. The van der Waals surface area contributed by atoms with Crippen LogP contribution in [0.4, 0.5) is 5.69 Å². The number of benzene rings is 2. The maximum atomic E-state index is 11.9. The zero-order valence-corrected chi connectivity index (χ0v) is 13.3. The number of halogens is 2. The molecular formula is C16H14Cl2N2O2. The number of aryl methyl sites for hydroxylation is 1. The van der Waals surface area contributed by atoms with Crippen molar-refractivity contribution >= 4 is 40.7 Å². The average molecular weight is 337 g/mol. The molecule has 2 aromatic rings. The van der Waals surface area contributed by atoms with Gasteiger partial charge in [-0.05, 0) is 37.3 Å². The predicted molar refractivity (Wildman–Crippen MR) is 88.6 cm³/mol. The lowest BCUT2D eigenvalue weighted by Crippen LogP contribution is -2.32. The van der Waals surface area contributed by atoms with Crippen molar-refractivity contribution in [1.82, 2.24) is 5.32 Å². The molecule has 114 valence electrons. The second-order valence-corrected chi connectivity index (χ2v) is 5.56. The number of nitrogens with one attached hydrogen (secondary N) is 2. The van der Waals surface area contributed by atoms with Crippen LogP contribution in [0.5, 0.6) is 0 Å². The molecule has 0 saturated carbocycles. The van der Waals surface area contributed by atoms with Crippen molar-refractivity contribution in [3.63, 3.8) is 0 Å². The summed E-state index contributed by atoms with van der Waals surface area (Å²) in [6.45, 7) is 1.79. The van der Waals surface area contributed by atoms with E-state index in [1.165, 1.54) is 6.07 Å². The Balaban J connectivity index is 1.89. The molecule has 0 spiro atoms. The molecule has 0 fully saturated rings. The molecular weight excluding hydrogens is 323 g/mol. The topological polar surface area (TPSA) is 58.2 Å². The van der Waals surface area contributed by atoms with E-state index >= 15 is 0 Å². The van der Waals surface area contributed by atoms with Gasteiger partial charge in [0, 0.05) is 10.6 Å². The van der Waals surface area contributed by atoms with Gasteiger partial charge in [0.1, 0.15) is 0 Å². The van der Waals surface area contributed by atoms with Crippen LogP contribution in [0.1, 0.15) is 15.9 Å². The lowest BCUT2D eigenvalue weighted by molar-refractivity contribution is -0.115. The summed E-state index contributed by atoms with van der Waals surface area (Å²) >= 11 is 11.7. The highest BCUT2D eigenvalue weighted by molar-refractivity contribution is 6.36. The van der Waals surface area contributed by atoms with Crippen LogP contribution in [0.25, 0.3) is 0 Å². The van der Waals surface area contributed by atoms with Gasteiger partial charge in [-0.25, -0.2) is 0 Å². The second-order valence-electron chi connectivity index (χ2n) is 4.72. The SMILES string of the molecule is Cc1ccc(C(=O)NCC(=O)Nc2ccc(Cl)cc2Cl)cc1. The summed E-state index contributed by atoms with van der Waals surface area (Å²) in [5.74, 6) is -0.679. The van der Waals surface area contributed by atoms with Crippen LogP contribution >= 0.6 is 23.2 Å². The molecule has 2 amide bonds. The Morgan fingerprint density at radius 2 is 1.73 bits per heavy atom. The number of hydrogen-bond donors (Lipinski definition) is 2. The summed E-state index contributed by atoms with van der Waals surface area (Å²) in [6, 6.07) is 11.8. The molecule has 2 rings (SSSR count). The first-order valence-electron chi connectivity index (χ1n) is 6.55. The van der Waals surface area contributed by atoms with E-state index in [1.54, 1.807) is 24.3 Å². The number of carbonyl (C=O) groups is 2. The Kier molecular flexibility index (Phi) is 5.41. The van der Waals surface area contributed by atoms with Gasteiger partial charge >= 0.3 is 0 Å². The summed E-state index contributed by atoms with van der Waals surface area (Å²) in [7, 11) is 0. The molecule has 2 aromatic carbocycles. The predicted octanol–water partition coefficient (Wildman–Crippen LogP) is 3.67. The first-order valence-corrected chi connectivity index (χ1v) is 7.31. The number of rotatable bonds is 4. The minimum absolute atomic E-state index is 0.147. The molecule has 6 heteroatoms. The molecule has 22 heavy (non-hydrogen) atoms. The third-order valence-electron chi connectivity index (χ3n) is 2.93. The van der Waals surface area contributed by atoms with Gasteiger partial charge in [0.15, 0.2) is 0 Å². The molecule has 2 N–H and O–H groups in total. The highest BCUT2D eigenvalue weighted by Gasteiger charge is 2.09. The van der Waals surface area contributed by atoms with E-state index in [1.807, 2.05) is 19.1 Å². The largest absolute Gasteiger partial charge is 0.343 e. The van der Waals surface area contributed by atoms with Crippen molar-refractivity contribution in [3.05, 3.63) is 63.6 Å². The van der Waals surface area contributed by atoms with Crippen LogP contribution in [-0.2, 0) is 4.79 Å². The molecule has 0 saturated heterocycles. The van der Waals surface area contributed by atoms with Crippen molar-refractivity contribution in [3.8, 4) is 0 Å². The normalized spacial score (nSPS) is 10.1. The van der Waals surface area contributed by atoms with E-state index in [0.29, 0.717) is 21.3 Å². The maximum absolute atomic E-state index is 11.9. The quantitative estimate of drug-likeness (QED) is 0.894. The zero-order valence-electron chi connectivity index (χ0n) is 11.8. The number of amides is 2. The summed E-state index contributed by atoms with van der Waals surface area (Å²) in [5, 5.41) is 5.98. The number of anilines is 1. The maximum Gasteiger partial charge on any atom is 0.251 e. The minimum Gasteiger partial charge on any atom is -0.343 e. The molecule has 0 unspecified atom stereocenters. The first-order chi connectivity index (χ1) is 10.5. The number of carbonyl (C=O) groups excluding carboxylic acids is 2. The third-order valence-corrected chi connectivity index (χ3v) is 3.48. The van der Waals surface area contributed by atoms with E-state index < -0.39 is 0 Å². The minimum atomic E-state index is -0.371. The van der Waals surface area contributed by atoms with Crippen molar-refractivity contribution in [2.75, 3.05) is 11.9 Å². The van der Waals surface area contributed by atoms with E-state index in [2.05, 4.69) is 10.6 Å². The Labute approximate surface area is 138 Å². The molecule has 4 nitrogen and oxygen atoms in total. The molecule has 0 aromatic heterocycles. The van der Waals surface area contributed by atoms with Crippen LogP contribution < -0.4 is 10.6 Å². The van der Waals surface area contributed by atoms with Crippen molar-refractivity contribution in [2.45, 2.75) is 6.92 Å². The first kappa shape index (κ1) is 16.3. The van der Waals surface area contributed by atoms with Gasteiger partial charge < -0.3 is 10.6 Å². The summed E-state index contributed by atoms with van der Waals surface area (Å²) in [5.41, 5.74) is 2.01. The molecule has 0 aliphatic carbocycles. The highest BCUT2D eigenvalue weighted by Crippen LogP contribution is 2.25. The fourth-order valence-electron chi connectivity index (χ4n) is 1.75. The van der Waals surface area contributed by atoms with Crippen LogP contribution in [0, 0.1) is 6.92 Å². The van der Waals surface area contributed by atoms with E-state index in [-0.39, 0.29) is 18.4 Å². The standard InChI is InChI=1S/C16H14Cl2N2O2/c1-10-2-4-11(5-3-10)16(22)19-9-15(21)20-14-7-6-12(17)8-13(14)18/h2-8H,9H2,1H3,(H,19,22)(H,20,21). The average Bonchev–Trinajstić information content (AvgIpc) is 2.48. The molecule has 0 aliphatic rings. The Bertz CT molecular complexity index is 700. The van der Waals surface area contributed by atoms with E-state index in [4.69, 9.17) is 23.2 Å². The van der Waals surface area contributed by atoms with E-state index in [0.717, 1.165) is 5.56 Å². The van der Waals surface area contributed by atoms with Crippen molar-refractivity contribution < 1.29 is 9.59 Å². The fourth-order valence-corrected chi connectivity index (χ4v) is 2.21. The summed E-state index contributed by atoms with van der Waals surface area (Å²) in [4.78, 5) is 23.7. The van der Waals surface area contributed by atoms with Gasteiger partial charge in [-0.15, -0.1) is 0 Å². The summed E-state index contributed by atoms with van der Waals surface area (Å²) < 4.78 is 0. The van der Waals surface area contributed by atoms with Gasteiger partial charge in [0.2, 0.25) is 5.91 Å². The molecule has 0 atom stereocenters. The van der Waals surface area contributed by atoms with Gasteiger partial charge in [-0.1, -0.05) is 40.9 Å². The Morgan fingerprint density at radius 3 is 2.36 bits per heavy atom. The third kappa shape index (κ3) is 4.48. The number of hydrogen-bond acceptors (Lipinski definition) is 2. The van der Waals surface area contributed by atoms with Gasteiger partial charge in [-0.3, -0.25) is 9.59 Å². The van der Waals surface area contributed by atoms with Crippen LogP contribution in [-0.4, -0.2) is 18.4 Å². The highest BCUT2D eigenvalue weighted by atomic mass is 35.5. The van der Waals surface area contributed by atoms with Gasteiger partial charge in [-0.2, -0.15) is 0 Å². The summed E-state index contributed by atoms with van der Waals surface area (Å²) in [6.07, 6.45) is 0. The molecule has 0 aliphatic heterocycles. The smallest absolute Gasteiger partial charge is 0.251 e. The van der Waals surface area contributed by atoms with Crippen LogP contribution in [0.2, 0.25) is 10.0 Å².